The van der Waals surface area contributed by atoms with E-state index in [1.807, 2.05) is 32.0 Å². The molecule has 0 unspecified atom stereocenters. The number of imide groups is 1. The third-order valence-electron chi connectivity index (χ3n) is 5.44. The topological polar surface area (TPSA) is 58.6 Å². The van der Waals surface area contributed by atoms with Crippen LogP contribution in [0, 0.1) is 19.7 Å². The van der Waals surface area contributed by atoms with Crippen LogP contribution in [0.1, 0.15) is 22.3 Å². The molecule has 0 saturated carbocycles. The number of carbonyl (C=O) groups is 2. The fourth-order valence-corrected chi connectivity index (χ4v) is 3.80. The molecule has 0 radical (unpaired) electrons. The van der Waals surface area contributed by atoms with Gasteiger partial charge in [0.2, 0.25) is 0 Å². The van der Waals surface area contributed by atoms with Crippen molar-refractivity contribution in [1.82, 2.24) is 4.90 Å². The Morgan fingerprint density at radius 2 is 1.66 bits per heavy atom. The van der Waals surface area contributed by atoms with E-state index < -0.39 is 11.8 Å². The van der Waals surface area contributed by atoms with E-state index >= 15 is 0 Å². The molecule has 4 rings (SSSR count). The maximum absolute atomic E-state index is 13.5. The molecule has 3 aromatic rings. The van der Waals surface area contributed by atoms with E-state index in [4.69, 9.17) is 4.74 Å². The first-order chi connectivity index (χ1) is 15.4. The summed E-state index contributed by atoms with van der Waals surface area (Å²) in [6, 6.07) is 18.7. The average Bonchev–Trinajstić information content (AvgIpc) is 3.01. The molecule has 1 aliphatic rings. The number of nitrogens with one attached hydrogen (secondary N) is 1. The second kappa shape index (κ2) is 8.67. The Balaban J connectivity index is 1.79. The molecule has 0 bridgehead atoms. The van der Waals surface area contributed by atoms with Crippen LogP contribution in [0.25, 0.3) is 5.57 Å². The van der Waals surface area contributed by atoms with E-state index in [0.29, 0.717) is 16.9 Å². The molecule has 32 heavy (non-hydrogen) atoms. The minimum absolute atomic E-state index is 0.0364. The molecule has 0 aliphatic carbocycles. The highest BCUT2D eigenvalue weighted by molar-refractivity contribution is 6.37. The number of methoxy groups -OCH3 is 1. The molecule has 1 N–H and O–H groups in total. The SMILES string of the molecule is COc1ccccc1C1=C(Nc2ccc(C)cc2C)C(=O)N(Cc2ccc(F)cc2)C1=O. The number of amides is 2. The van der Waals surface area contributed by atoms with Crippen LogP contribution in [0.2, 0.25) is 0 Å². The van der Waals surface area contributed by atoms with Crippen LogP contribution in [-0.2, 0) is 16.1 Å². The zero-order valence-corrected chi connectivity index (χ0v) is 18.1. The molecule has 6 heteroatoms. The zero-order chi connectivity index (χ0) is 22.8. The van der Waals surface area contributed by atoms with Crippen molar-refractivity contribution in [3.8, 4) is 5.75 Å². The Bertz CT molecular complexity index is 1230. The number of hydrogen-bond acceptors (Lipinski definition) is 4. The normalized spacial score (nSPS) is 13.7. The van der Waals surface area contributed by atoms with Gasteiger partial charge in [-0.25, -0.2) is 4.39 Å². The van der Waals surface area contributed by atoms with Crippen molar-refractivity contribution in [2.45, 2.75) is 20.4 Å². The Hall–Kier alpha value is -3.93. The first-order valence-electron chi connectivity index (χ1n) is 10.2. The van der Waals surface area contributed by atoms with E-state index in [0.717, 1.165) is 16.8 Å². The van der Waals surface area contributed by atoms with Crippen LogP contribution in [0.5, 0.6) is 5.75 Å². The summed E-state index contributed by atoms with van der Waals surface area (Å²) in [7, 11) is 1.52. The van der Waals surface area contributed by atoms with Gasteiger partial charge < -0.3 is 10.1 Å². The molecule has 0 aromatic heterocycles. The van der Waals surface area contributed by atoms with Gasteiger partial charge in [0.15, 0.2) is 0 Å². The Labute approximate surface area is 186 Å². The zero-order valence-electron chi connectivity index (χ0n) is 18.1. The van der Waals surface area contributed by atoms with Crippen molar-refractivity contribution < 1.29 is 18.7 Å². The first-order valence-corrected chi connectivity index (χ1v) is 10.2. The van der Waals surface area contributed by atoms with Crippen LogP contribution < -0.4 is 10.1 Å². The molecule has 0 atom stereocenters. The van der Waals surface area contributed by atoms with Crippen molar-refractivity contribution in [2.24, 2.45) is 0 Å². The van der Waals surface area contributed by atoms with E-state index in [9.17, 15) is 14.0 Å². The summed E-state index contributed by atoms with van der Waals surface area (Å²) < 4.78 is 18.8. The van der Waals surface area contributed by atoms with Crippen molar-refractivity contribution >= 4 is 23.1 Å². The number of aryl methyl sites for hydroxylation is 2. The summed E-state index contributed by atoms with van der Waals surface area (Å²) in [5.74, 6) is -0.763. The minimum Gasteiger partial charge on any atom is -0.496 e. The van der Waals surface area contributed by atoms with E-state index in [1.165, 1.54) is 24.1 Å². The van der Waals surface area contributed by atoms with Gasteiger partial charge in [-0.1, -0.05) is 48.0 Å². The number of ether oxygens (including phenoxy) is 1. The van der Waals surface area contributed by atoms with Gasteiger partial charge in [-0.15, -0.1) is 0 Å². The fourth-order valence-electron chi connectivity index (χ4n) is 3.80. The average molecular weight is 430 g/mol. The van der Waals surface area contributed by atoms with Crippen LogP contribution in [-0.4, -0.2) is 23.8 Å². The maximum atomic E-state index is 13.5. The lowest BCUT2D eigenvalue weighted by molar-refractivity contribution is -0.137. The van der Waals surface area contributed by atoms with Gasteiger partial charge in [0.1, 0.15) is 17.3 Å². The predicted molar refractivity (Wildman–Crippen MR) is 121 cm³/mol. The quantitative estimate of drug-likeness (QED) is 0.569. The van der Waals surface area contributed by atoms with Crippen molar-refractivity contribution in [3.05, 3.63) is 100 Å². The molecule has 5 nitrogen and oxygen atoms in total. The number of hydrogen-bond donors (Lipinski definition) is 1. The third kappa shape index (κ3) is 3.99. The van der Waals surface area contributed by atoms with Gasteiger partial charge in [-0.2, -0.15) is 0 Å². The van der Waals surface area contributed by atoms with E-state index in [1.54, 1.807) is 36.4 Å². The molecule has 0 spiro atoms. The van der Waals surface area contributed by atoms with E-state index in [2.05, 4.69) is 5.32 Å². The Kier molecular flexibility index (Phi) is 5.77. The maximum Gasteiger partial charge on any atom is 0.278 e. The predicted octanol–water partition coefficient (Wildman–Crippen LogP) is 4.84. The van der Waals surface area contributed by atoms with Crippen LogP contribution in [0.4, 0.5) is 10.1 Å². The lowest BCUT2D eigenvalue weighted by Crippen LogP contribution is -2.32. The van der Waals surface area contributed by atoms with Crippen LogP contribution in [0.3, 0.4) is 0 Å². The molecule has 0 fully saturated rings. The smallest absolute Gasteiger partial charge is 0.278 e. The van der Waals surface area contributed by atoms with Crippen molar-refractivity contribution in [2.75, 3.05) is 12.4 Å². The number of benzene rings is 3. The number of para-hydroxylation sites is 1. The summed E-state index contributed by atoms with van der Waals surface area (Å²) >= 11 is 0. The number of halogens is 1. The Morgan fingerprint density at radius 1 is 0.938 bits per heavy atom. The van der Waals surface area contributed by atoms with E-state index in [-0.39, 0.29) is 23.6 Å². The second-order valence-electron chi connectivity index (χ2n) is 7.72. The lowest BCUT2D eigenvalue weighted by Gasteiger charge is -2.16. The summed E-state index contributed by atoms with van der Waals surface area (Å²) in [6.07, 6.45) is 0. The summed E-state index contributed by atoms with van der Waals surface area (Å²) in [4.78, 5) is 28.1. The molecule has 162 valence electrons. The first kappa shape index (κ1) is 21.3. The van der Waals surface area contributed by atoms with Gasteiger partial charge in [0.25, 0.3) is 11.8 Å². The van der Waals surface area contributed by atoms with Crippen molar-refractivity contribution in [3.63, 3.8) is 0 Å². The van der Waals surface area contributed by atoms with Gasteiger partial charge >= 0.3 is 0 Å². The molecule has 3 aromatic carbocycles. The van der Waals surface area contributed by atoms with Gasteiger partial charge in [0.05, 0.1) is 19.2 Å². The van der Waals surface area contributed by atoms with Crippen LogP contribution in [0.15, 0.2) is 72.4 Å². The molecular weight excluding hydrogens is 407 g/mol. The van der Waals surface area contributed by atoms with Crippen molar-refractivity contribution in [1.29, 1.82) is 0 Å². The molecule has 1 aliphatic heterocycles. The monoisotopic (exact) mass is 430 g/mol. The molecule has 0 saturated heterocycles. The highest BCUT2D eigenvalue weighted by atomic mass is 19.1. The number of anilines is 1. The van der Waals surface area contributed by atoms with Gasteiger partial charge in [-0.3, -0.25) is 14.5 Å². The largest absolute Gasteiger partial charge is 0.496 e. The fraction of sp³-hybridized carbons (Fsp3) is 0.154. The number of rotatable bonds is 6. The standard InChI is InChI=1S/C26H23FN2O3/c1-16-8-13-21(17(2)14-16)28-24-23(20-6-4-5-7-22(20)32-3)25(30)29(26(24)31)15-18-9-11-19(27)12-10-18/h4-14,28H,15H2,1-3H3. The summed E-state index contributed by atoms with van der Waals surface area (Å²) in [6.45, 7) is 3.97. The highest BCUT2D eigenvalue weighted by Gasteiger charge is 2.40. The summed E-state index contributed by atoms with van der Waals surface area (Å²) in [5, 5.41) is 3.19. The lowest BCUT2D eigenvalue weighted by atomic mass is 10.0. The molecular formula is C26H23FN2O3. The third-order valence-corrected chi connectivity index (χ3v) is 5.44. The molecule has 1 heterocycles. The minimum atomic E-state index is -0.444. The highest BCUT2D eigenvalue weighted by Crippen LogP contribution is 2.36. The van der Waals surface area contributed by atoms with Gasteiger partial charge in [-0.05, 0) is 49.2 Å². The number of carbonyl (C=O) groups excluding carboxylic acids is 2. The van der Waals surface area contributed by atoms with Crippen LogP contribution >= 0.6 is 0 Å². The summed E-state index contributed by atoms with van der Waals surface area (Å²) in [5.41, 5.74) is 4.40. The molecule has 2 amide bonds. The van der Waals surface area contributed by atoms with Gasteiger partial charge in [0, 0.05) is 11.3 Å². The number of nitrogens with zero attached hydrogens (tertiary/aromatic N) is 1. The Morgan fingerprint density at radius 3 is 2.34 bits per heavy atom. The second-order valence-corrected chi connectivity index (χ2v) is 7.72.